The number of fused-ring (bicyclic) bond motifs is 1. The molecule has 0 spiro atoms. The van der Waals surface area contributed by atoms with Crippen molar-refractivity contribution >= 4 is 23.1 Å². The Kier molecular flexibility index (Phi) is 4.57. The van der Waals surface area contributed by atoms with Crippen molar-refractivity contribution in [2.75, 3.05) is 5.32 Å². The number of aryl methyl sites for hydroxylation is 3. The number of carbonyl (C=O) groups is 1. The van der Waals surface area contributed by atoms with Crippen LogP contribution in [0.5, 0.6) is 0 Å². The molecular weight excluding hydrogens is 390 g/mol. The Hall–Kier alpha value is -4.02. The number of nitrogens with one attached hydrogen (secondary N) is 1. The highest BCUT2D eigenvalue weighted by Crippen LogP contribution is 2.22. The van der Waals surface area contributed by atoms with Gasteiger partial charge in [-0.15, -0.1) is 5.10 Å². The summed E-state index contributed by atoms with van der Waals surface area (Å²) in [5.41, 5.74) is 2.18. The summed E-state index contributed by atoms with van der Waals surface area (Å²) >= 11 is 0. The molecule has 3 aromatic heterocycles. The predicted octanol–water partition coefficient (Wildman–Crippen LogP) is 0.739. The fourth-order valence-corrected chi connectivity index (χ4v) is 3.32. The monoisotopic (exact) mass is 409 g/mol. The Balaban J connectivity index is 1.57. The topological polar surface area (TPSA) is 130 Å². The van der Waals surface area contributed by atoms with Gasteiger partial charge in [0, 0.05) is 19.7 Å². The summed E-state index contributed by atoms with van der Waals surface area (Å²) in [7, 11) is 2.88. The van der Waals surface area contributed by atoms with E-state index in [0.29, 0.717) is 0 Å². The normalized spacial score (nSPS) is 11.2. The Morgan fingerprint density at radius 1 is 1.07 bits per heavy atom. The number of rotatable bonds is 4. The molecule has 0 aliphatic rings. The summed E-state index contributed by atoms with van der Waals surface area (Å²) < 4.78 is 9.13. The van der Waals surface area contributed by atoms with Crippen LogP contribution >= 0.6 is 0 Å². The van der Waals surface area contributed by atoms with Crippen molar-refractivity contribution in [3.05, 3.63) is 56.5 Å². The lowest BCUT2D eigenvalue weighted by Crippen LogP contribution is -2.37. The van der Waals surface area contributed by atoms with Gasteiger partial charge >= 0.3 is 11.7 Å². The Labute approximate surface area is 169 Å². The maximum Gasteiger partial charge on any atom is 0.332 e. The second kappa shape index (κ2) is 7.10. The van der Waals surface area contributed by atoms with Crippen LogP contribution in [0, 0.1) is 13.8 Å². The van der Waals surface area contributed by atoms with E-state index in [1.807, 2.05) is 32.0 Å². The fourth-order valence-electron chi connectivity index (χ4n) is 3.32. The van der Waals surface area contributed by atoms with Gasteiger partial charge in [-0.1, -0.05) is 22.3 Å². The molecule has 0 saturated carbocycles. The lowest BCUT2D eigenvalue weighted by molar-refractivity contribution is -0.116. The molecule has 4 aromatic rings. The third kappa shape index (κ3) is 3.30. The van der Waals surface area contributed by atoms with Crippen molar-refractivity contribution in [3.63, 3.8) is 0 Å². The number of imidazole rings is 1. The standard InChI is InChI=1S/C19H19N7O4/c1-10-5-11(2)7-12(6-10)16-22-23-18(30-16)21-13(27)8-26-9-20-15-14(26)17(28)25(4)19(29)24(15)3/h5-7,9H,8H2,1-4H3,(H,21,23,27). The van der Waals surface area contributed by atoms with E-state index in [9.17, 15) is 14.4 Å². The van der Waals surface area contributed by atoms with Gasteiger partial charge in [0.15, 0.2) is 11.2 Å². The summed E-state index contributed by atoms with van der Waals surface area (Å²) in [6.45, 7) is 3.71. The summed E-state index contributed by atoms with van der Waals surface area (Å²) in [5.74, 6) is -0.199. The molecule has 1 amide bonds. The van der Waals surface area contributed by atoms with Gasteiger partial charge < -0.3 is 8.98 Å². The van der Waals surface area contributed by atoms with Crippen LogP contribution in [-0.2, 0) is 25.4 Å². The zero-order valence-electron chi connectivity index (χ0n) is 16.8. The van der Waals surface area contributed by atoms with E-state index in [-0.39, 0.29) is 29.6 Å². The van der Waals surface area contributed by atoms with Gasteiger partial charge in [0.1, 0.15) is 6.54 Å². The molecule has 1 aromatic carbocycles. The molecule has 0 aliphatic carbocycles. The maximum atomic E-state index is 12.5. The number of nitrogens with zero attached hydrogens (tertiary/aromatic N) is 6. The summed E-state index contributed by atoms with van der Waals surface area (Å²) in [6.07, 6.45) is 1.33. The van der Waals surface area contributed by atoms with E-state index in [4.69, 9.17) is 4.42 Å². The van der Waals surface area contributed by atoms with Crippen molar-refractivity contribution in [2.45, 2.75) is 20.4 Å². The van der Waals surface area contributed by atoms with Gasteiger partial charge in [0.25, 0.3) is 5.56 Å². The predicted molar refractivity (Wildman–Crippen MR) is 108 cm³/mol. The van der Waals surface area contributed by atoms with Crippen LogP contribution in [-0.4, -0.2) is 34.8 Å². The lowest BCUT2D eigenvalue weighted by atomic mass is 10.1. The minimum Gasteiger partial charge on any atom is -0.403 e. The SMILES string of the molecule is Cc1cc(C)cc(-c2nnc(NC(=O)Cn3cnc4c3c(=O)n(C)c(=O)n4C)o2)c1. The molecule has 11 heteroatoms. The molecule has 0 fully saturated rings. The molecule has 11 nitrogen and oxygen atoms in total. The summed E-state index contributed by atoms with van der Waals surface area (Å²) in [5, 5.41) is 10.3. The van der Waals surface area contributed by atoms with E-state index >= 15 is 0 Å². The fraction of sp³-hybridized carbons (Fsp3) is 0.263. The van der Waals surface area contributed by atoms with E-state index in [2.05, 4.69) is 20.5 Å². The molecule has 0 radical (unpaired) electrons. The number of benzene rings is 1. The van der Waals surface area contributed by atoms with E-state index in [1.165, 1.54) is 29.6 Å². The van der Waals surface area contributed by atoms with Crippen LogP contribution in [0.4, 0.5) is 6.01 Å². The highest BCUT2D eigenvalue weighted by molar-refractivity contribution is 5.89. The first-order valence-corrected chi connectivity index (χ1v) is 9.07. The Bertz CT molecular complexity index is 1390. The van der Waals surface area contributed by atoms with Crippen molar-refractivity contribution in [3.8, 4) is 11.5 Å². The van der Waals surface area contributed by atoms with Crippen LogP contribution in [0.15, 0.2) is 38.5 Å². The number of amides is 1. The highest BCUT2D eigenvalue weighted by atomic mass is 16.4. The molecule has 154 valence electrons. The second-order valence-electron chi connectivity index (χ2n) is 7.09. The average molecular weight is 409 g/mol. The molecule has 0 saturated heterocycles. The smallest absolute Gasteiger partial charge is 0.332 e. The number of aromatic nitrogens is 6. The molecule has 4 rings (SSSR count). The molecule has 30 heavy (non-hydrogen) atoms. The van der Waals surface area contributed by atoms with E-state index < -0.39 is 17.2 Å². The third-order valence-corrected chi connectivity index (χ3v) is 4.67. The Morgan fingerprint density at radius 3 is 2.47 bits per heavy atom. The third-order valence-electron chi connectivity index (χ3n) is 4.67. The van der Waals surface area contributed by atoms with Crippen LogP contribution in [0.3, 0.4) is 0 Å². The Morgan fingerprint density at radius 2 is 1.77 bits per heavy atom. The zero-order valence-corrected chi connectivity index (χ0v) is 16.8. The van der Waals surface area contributed by atoms with Crippen LogP contribution in [0.1, 0.15) is 11.1 Å². The second-order valence-corrected chi connectivity index (χ2v) is 7.09. The van der Waals surface area contributed by atoms with Gasteiger partial charge in [-0.25, -0.2) is 9.78 Å². The number of hydrogen-bond acceptors (Lipinski definition) is 7. The van der Waals surface area contributed by atoms with Crippen LogP contribution < -0.4 is 16.6 Å². The first-order valence-electron chi connectivity index (χ1n) is 9.07. The first-order chi connectivity index (χ1) is 14.2. The maximum absolute atomic E-state index is 12.5. The molecular formula is C19H19N7O4. The number of anilines is 1. The van der Waals surface area contributed by atoms with Gasteiger partial charge in [-0.3, -0.25) is 24.0 Å². The van der Waals surface area contributed by atoms with Gasteiger partial charge in [0.05, 0.1) is 6.33 Å². The summed E-state index contributed by atoms with van der Waals surface area (Å²) in [6, 6.07) is 5.78. The summed E-state index contributed by atoms with van der Waals surface area (Å²) in [4.78, 5) is 41.0. The van der Waals surface area contributed by atoms with Gasteiger partial charge in [-0.05, 0) is 26.0 Å². The largest absolute Gasteiger partial charge is 0.403 e. The van der Waals surface area contributed by atoms with Crippen molar-refractivity contribution in [1.82, 2.24) is 28.9 Å². The molecule has 3 heterocycles. The van der Waals surface area contributed by atoms with E-state index in [1.54, 1.807) is 0 Å². The molecule has 0 bridgehead atoms. The lowest BCUT2D eigenvalue weighted by Gasteiger charge is -2.06. The van der Waals surface area contributed by atoms with Crippen molar-refractivity contribution < 1.29 is 9.21 Å². The van der Waals surface area contributed by atoms with E-state index in [0.717, 1.165) is 21.3 Å². The molecule has 0 unspecified atom stereocenters. The highest BCUT2D eigenvalue weighted by Gasteiger charge is 2.17. The van der Waals surface area contributed by atoms with Crippen LogP contribution in [0.2, 0.25) is 0 Å². The number of carbonyl (C=O) groups excluding carboxylic acids is 1. The van der Waals surface area contributed by atoms with Crippen molar-refractivity contribution in [1.29, 1.82) is 0 Å². The molecule has 1 N–H and O–H groups in total. The first kappa shape index (κ1) is 19.3. The minimum absolute atomic E-state index is 0.0566. The van der Waals surface area contributed by atoms with Gasteiger partial charge in [-0.2, -0.15) is 0 Å². The van der Waals surface area contributed by atoms with Crippen molar-refractivity contribution in [2.24, 2.45) is 14.1 Å². The van der Waals surface area contributed by atoms with Crippen LogP contribution in [0.25, 0.3) is 22.6 Å². The molecule has 0 aliphatic heterocycles. The quantitative estimate of drug-likeness (QED) is 0.526. The average Bonchev–Trinajstić information content (AvgIpc) is 3.31. The van der Waals surface area contributed by atoms with Gasteiger partial charge in [0.2, 0.25) is 11.8 Å². The zero-order chi connectivity index (χ0) is 21.6. The molecule has 0 atom stereocenters. The minimum atomic E-state index is -0.534. The number of hydrogen-bond donors (Lipinski definition) is 1.